The van der Waals surface area contributed by atoms with E-state index in [0.717, 1.165) is 23.6 Å². The van der Waals surface area contributed by atoms with Crippen LogP contribution in [0.1, 0.15) is 23.0 Å². The molecule has 1 fully saturated rings. The number of nitrogens with zero attached hydrogens (tertiary/aromatic N) is 1. The summed E-state index contributed by atoms with van der Waals surface area (Å²) < 4.78 is 5.10. The number of likely N-dealkylation sites (tertiary alicyclic amines) is 1. The third kappa shape index (κ3) is 2.96. The van der Waals surface area contributed by atoms with Crippen LogP contribution in [-0.2, 0) is 0 Å². The smallest absolute Gasteiger partial charge is 0.264 e. The van der Waals surface area contributed by atoms with Gasteiger partial charge in [-0.25, -0.2) is 0 Å². The first-order valence-electron chi connectivity index (χ1n) is 5.79. The number of ether oxygens (including phenoxy) is 1. The second-order valence-electron chi connectivity index (χ2n) is 4.49. The summed E-state index contributed by atoms with van der Waals surface area (Å²) >= 11 is 1.43. The van der Waals surface area contributed by atoms with Gasteiger partial charge in [-0.1, -0.05) is 0 Å². The van der Waals surface area contributed by atoms with Crippen molar-refractivity contribution in [1.29, 1.82) is 0 Å². The molecular formula is C12H19ClN2O2S. The SMILES string of the molecule is COc1csc(C(=O)N2CC(CN)CC2C)c1.Cl. The van der Waals surface area contributed by atoms with Crippen LogP contribution in [0.2, 0.25) is 0 Å². The molecule has 0 saturated carbocycles. The van der Waals surface area contributed by atoms with Gasteiger partial charge in [0.25, 0.3) is 5.91 Å². The number of halogens is 1. The van der Waals surface area contributed by atoms with Crippen molar-refractivity contribution < 1.29 is 9.53 Å². The zero-order valence-corrected chi connectivity index (χ0v) is 12.2. The van der Waals surface area contributed by atoms with Crippen molar-refractivity contribution in [2.24, 2.45) is 11.7 Å². The average molecular weight is 291 g/mol. The lowest BCUT2D eigenvalue weighted by atomic mass is 10.1. The Morgan fingerprint density at radius 2 is 2.39 bits per heavy atom. The summed E-state index contributed by atoms with van der Waals surface area (Å²) in [5.74, 6) is 1.29. The second-order valence-corrected chi connectivity index (χ2v) is 5.41. The molecule has 2 rings (SSSR count). The van der Waals surface area contributed by atoms with E-state index >= 15 is 0 Å². The summed E-state index contributed by atoms with van der Waals surface area (Å²) in [6.45, 7) is 3.51. The third-order valence-corrected chi connectivity index (χ3v) is 4.17. The average Bonchev–Trinajstić information content (AvgIpc) is 2.94. The van der Waals surface area contributed by atoms with Crippen molar-refractivity contribution in [3.63, 3.8) is 0 Å². The van der Waals surface area contributed by atoms with E-state index in [2.05, 4.69) is 6.92 Å². The van der Waals surface area contributed by atoms with E-state index in [-0.39, 0.29) is 24.4 Å². The molecule has 2 unspecified atom stereocenters. The highest BCUT2D eigenvalue weighted by Crippen LogP contribution is 2.28. The summed E-state index contributed by atoms with van der Waals surface area (Å²) in [6, 6.07) is 2.08. The van der Waals surface area contributed by atoms with Crippen LogP contribution >= 0.6 is 23.7 Å². The molecule has 4 nitrogen and oxygen atoms in total. The van der Waals surface area contributed by atoms with Crippen LogP contribution in [0.5, 0.6) is 5.75 Å². The van der Waals surface area contributed by atoms with Crippen molar-refractivity contribution in [1.82, 2.24) is 4.90 Å². The van der Waals surface area contributed by atoms with Crippen molar-refractivity contribution >= 4 is 29.7 Å². The van der Waals surface area contributed by atoms with Gasteiger partial charge in [0.2, 0.25) is 0 Å². The molecule has 2 atom stereocenters. The molecule has 0 bridgehead atoms. The minimum absolute atomic E-state index is 0. The number of hydrogen-bond donors (Lipinski definition) is 1. The zero-order chi connectivity index (χ0) is 12.4. The molecule has 0 radical (unpaired) electrons. The molecule has 1 aromatic rings. The normalized spacial score (nSPS) is 22.7. The number of amides is 1. The molecule has 2 heterocycles. The first-order chi connectivity index (χ1) is 8.15. The summed E-state index contributed by atoms with van der Waals surface area (Å²) in [7, 11) is 1.61. The van der Waals surface area contributed by atoms with Crippen LogP contribution in [0.4, 0.5) is 0 Å². The molecule has 1 saturated heterocycles. The number of carbonyl (C=O) groups is 1. The van der Waals surface area contributed by atoms with Gasteiger partial charge in [-0.05, 0) is 25.8 Å². The fraction of sp³-hybridized carbons (Fsp3) is 0.583. The Morgan fingerprint density at radius 3 is 2.89 bits per heavy atom. The molecule has 2 N–H and O–H groups in total. The van der Waals surface area contributed by atoms with Crippen LogP contribution in [0.3, 0.4) is 0 Å². The van der Waals surface area contributed by atoms with Gasteiger partial charge < -0.3 is 15.4 Å². The van der Waals surface area contributed by atoms with Crippen molar-refractivity contribution in [2.75, 3.05) is 20.2 Å². The molecule has 102 valence electrons. The van der Waals surface area contributed by atoms with E-state index in [4.69, 9.17) is 10.5 Å². The number of nitrogens with two attached hydrogens (primary N) is 1. The van der Waals surface area contributed by atoms with Crippen molar-refractivity contribution in [2.45, 2.75) is 19.4 Å². The van der Waals surface area contributed by atoms with Crippen LogP contribution in [-0.4, -0.2) is 37.0 Å². The first-order valence-corrected chi connectivity index (χ1v) is 6.67. The number of methoxy groups -OCH3 is 1. The lowest BCUT2D eigenvalue weighted by molar-refractivity contribution is 0.0748. The molecule has 0 aromatic carbocycles. The van der Waals surface area contributed by atoms with Gasteiger partial charge in [-0.3, -0.25) is 4.79 Å². The van der Waals surface area contributed by atoms with Gasteiger partial charge in [-0.15, -0.1) is 23.7 Å². The lowest BCUT2D eigenvalue weighted by Gasteiger charge is -2.20. The summed E-state index contributed by atoms with van der Waals surface area (Å²) in [6.07, 6.45) is 1.00. The Hall–Kier alpha value is -0.780. The Labute approximate surface area is 118 Å². The largest absolute Gasteiger partial charge is 0.496 e. The summed E-state index contributed by atoms with van der Waals surface area (Å²) in [4.78, 5) is 14.9. The van der Waals surface area contributed by atoms with Crippen LogP contribution in [0, 0.1) is 5.92 Å². The van der Waals surface area contributed by atoms with Crippen LogP contribution < -0.4 is 10.5 Å². The van der Waals surface area contributed by atoms with Gasteiger partial charge in [-0.2, -0.15) is 0 Å². The lowest BCUT2D eigenvalue weighted by Crippen LogP contribution is -2.33. The topological polar surface area (TPSA) is 55.6 Å². The molecule has 1 amide bonds. The highest BCUT2D eigenvalue weighted by Gasteiger charge is 2.32. The predicted octanol–water partition coefficient (Wildman–Crippen LogP) is 1.99. The number of thiophene rings is 1. The van der Waals surface area contributed by atoms with Crippen LogP contribution in [0.15, 0.2) is 11.4 Å². The number of rotatable bonds is 3. The molecule has 0 spiro atoms. The highest BCUT2D eigenvalue weighted by atomic mass is 35.5. The van der Waals surface area contributed by atoms with Crippen molar-refractivity contribution in [3.8, 4) is 5.75 Å². The Balaban J connectivity index is 0.00000162. The Morgan fingerprint density at radius 1 is 1.67 bits per heavy atom. The molecule has 1 aliphatic rings. The summed E-state index contributed by atoms with van der Waals surface area (Å²) in [5.41, 5.74) is 5.67. The van der Waals surface area contributed by atoms with Crippen molar-refractivity contribution in [3.05, 3.63) is 16.3 Å². The second kappa shape index (κ2) is 6.41. The van der Waals surface area contributed by atoms with E-state index < -0.39 is 0 Å². The van der Waals surface area contributed by atoms with E-state index in [9.17, 15) is 4.79 Å². The quantitative estimate of drug-likeness (QED) is 0.926. The van der Waals surface area contributed by atoms with E-state index in [1.54, 1.807) is 13.2 Å². The maximum absolute atomic E-state index is 12.3. The minimum atomic E-state index is 0. The Kier molecular flexibility index (Phi) is 5.44. The number of hydrogen-bond acceptors (Lipinski definition) is 4. The van der Waals surface area contributed by atoms with Gasteiger partial charge in [0, 0.05) is 24.0 Å². The Bertz CT molecular complexity index is 411. The molecule has 1 aromatic heterocycles. The molecule has 6 heteroatoms. The number of carbonyl (C=O) groups excluding carboxylic acids is 1. The van der Waals surface area contributed by atoms with Crippen LogP contribution in [0.25, 0.3) is 0 Å². The van der Waals surface area contributed by atoms with Gasteiger partial charge in [0.1, 0.15) is 5.75 Å². The maximum Gasteiger partial charge on any atom is 0.264 e. The highest BCUT2D eigenvalue weighted by molar-refractivity contribution is 7.12. The van der Waals surface area contributed by atoms with E-state index in [0.29, 0.717) is 12.5 Å². The summed E-state index contributed by atoms with van der Waals surface area (Å²) in [5, 5.41) is 1.86. The minimum Gasteiger partial charge on any atom is -0.496 e. The molecule has 0 aliphatic carbocycles. The standard InChI is InChI=1S/C12H18N2O2S.ClH/c1-8-3-9(5-13)6-14(8)12(15)11-4-10(16-2)7-17-11;/h4,7-9H,3,5-6,13H2,1-2H3;1H. The molecular weight excluding hydrogens is 272 g/mol. The molecule has 18 heavy (non-hydrogen) atoms. The van der Waals surface area contributed by atoms with Gasteiger partial charge >= 0.3 is 0 Å². The van der Waals surface area contributed by atoms with E-state index in [1.807, 2.05) is 10.3 Å². The monoisotopic (exact) mass is 290 g/mol. The molecule has 1 aliphatic heterocycles. The third-order valence-electron chi connectivity index (χ3n) is 3.28. The fourth-order valence-electron chi connectivity index (χ4n) is 2.28. The van der Waals surface area contributed by atoms with Gasteiger partial charge in [0.05, 0.1) is 12.0 Å². The zero-order valence-electron chi connectivity index (χ0n) is 10.6. The fourth-order valence-corrected chi connectivity index (χ4v) is 3.09. The van der Waals surface area contributed by atoms with E-state index in [1.165, 1.54) is 11.3 Å². The first kappa shape index (κ1) is 15.3. The van der Waals surface area contributed by atoms with Gasteiger partial charge in [0.15, 0.2) is 0 Å². The maximum atomic E-state index is 12.3. The predicted molar refractivity (Wildman–Crippen MR) is 75.8 cm³/mol.